The number of carbonyl (C=O) groups is 1. The van der Waals surface area contributed by atoms with Crippen molar-refractivity contribution in [3.8, 4) is 17.2 Å². The fourth-order valence-corrected chi connectivity index (χ4v) is 2.44. The summed E-state index contributed by atoms with van der Waals surface area (Å²) in [6.45, 7) is 7.34. The van der Waals surface area contributed by atoms with Crippen molar-refractivity contribution in [1.29, 1.82) is 0 Å². The third-order valence-electron chi connectivity index (χ3n) is 4.15. The van der Waals surface area contributed by atoms with Crippen LogP contribution in [0.1, 0.15) is 49.5 Å². The van der Waals surface area contributed by atoms with E-state index < -0.39 is 0 Å². The normalized spacial score (nSPS) is 11.9. The SMILES string of the molecule is COc1cc(C(C)C)c(Oc2cnc(N)nc2N)cc1C(=O)C(C)=C(C)N. The average molecular weight is 371 g/mol. The molecule has 0 unspecified atom stereocenters. The van der Waals surface area contributed by atoms with E-state index in [-0.39, 0.29) is 29.2 Å². The molecule has 0 spiro atoms. The molecule has 144 valence electrons. The van der Waals surface area contributed by atoms with Gasteiger partial charge in [0.2, 0.25) is 5.95 Å². The molecule has 1 aromatic carbocycles. The molecule has 0 aliphatic heterocycles. The number of hydrogen-bond donors (Lipinski definition) is 3. The summed E-state index contributed by atoms with van der Waals surface area (Å²) in [5.41, 5.74) is 19.2. The van der Waals surface area contributed by atoms with E-state index in [4.69, 9.17) is 26.7 Å². The van der Waals surface area contributed by atoms with Gasteiger partial charge in [0, 0.05) is 16.8 Å². The van der Waals surface area contributed by atoms with Crippen LogP contribution in [0.25, 0.3) is 0 Å². The monoisotopic (exact) mass is 371 g/mol. The molecule has 0 saturated carbocycles. The predicted molar refractivity (Wildman–Crippen MR) is 105 cm³/mol. The number of hydrogen-bond acceptors (Lipinski definition) is 8. The van der Waals surface area contributed by atoms with Crippen LogP contribution in [0.15, 0.2) is 29.6 Å². The Morgan fingerprint density at radius 2 is 1.78 bits per heavy atom. The molecule has 2 rings (SSSR count). The number of carbonyl (C=O) groups excluding carboxylic acids is 1. The second-order valence-electron chi connectivity index (χ2n) is 6.46. The molecule has 1 heterocycles. The van der Waals surface area contributed by atoms with Crippen LogP contribution in [0, 0.1) is 0 Å². The number of Topliss-reactive ketones (excluding diaryl/α,β-unsaturated/α-hetero) is 1. The third kappa shape index (κ3) is 4.28. The van der Waals surface area contributed by atoms with Crippen molar-refractivity contribution < 1.29 is 14.3 Å². The Balaban J connectivity index is 2.62. The van der Waals surface area contributed by atoms with Crippen LogP contribution in [-0.2, 0) is 0 Å². The summed E-state index contributed by atoms with van der Waals surface area (Å²) in [7, 11) is 1.51. The van der Waals surface area contributed by atoms with Crippen LogP contribution >= 0.6 is 0 Å². The topological polar surface area (TPSA) is 139 Å². The predicted octanol–water partition coefficient (Wildman–Crippen LogP) is 3.00. The number of anilines is 2. The second kappa shape index (κ2) is 7.94. The van der Waals surface area contributed by atoms with Crippen LogP contribution < -0.4 is 26.7 Å². The molecule has 27 heavy (non-hydrogen) atoms. The maximum absolute atomic E-state index is 12.8. The molecule has 6 N–H and O–H groups in total. The van der Waals surface area contributed by atoms with E-state index in [2.05, 4.69) is 9.97 Å². The molecule has 0 amide bonds. The Morgan fingerprint density at radius 3 is 2.30 bits per heavy atom. The highest BCUT2D eigenvalue weighted by Crippen LogP contribution is 2.38. The molecule has 8 heteroatoms. The molecule has 1 aromatic heterocycles. The zero-order valence-electron chi connectivity index (χ0n) is 16.2. The standard InChI is InChI=1S/C19H25N5O3/c1-9(2)12-6-14(26-5)13(17(25)10(3)11(4)20)7-15(12)27-16-8-23-19(22)24-18(16)21/h6-9H,20H2,1-5H3,(H4,21,22,23,24). The molecule has 0 aliphatic carbocycles. The van der Waals surface area contributed by atoms with Crippen molar-refractivity contribution in [2.75, 3.05) is 18.6 Å². The van der Waals surface area contributed by atoms with Crippen molar-refractivity contribution in [1.82, 2.24) is 9.97 Å². The van der Waals surface area contributed by atoms with E-state index in [1.54, 1.807) is 26.0 Å². The van der Waals surface area contributed by atoms with E-state index in [1.807, 2.05) is 13.8 Å². The van der Waals surface area contributed by atoms with Gasteiger partial charge >= 0.3 is 0 Å². The molecular weight excluding hydrogens is 346 g/mol. The van der Waals surface area contributed by atoms with Crippen molar-refractivity contribution in [2.45, 2.75) is 33.6 Å². The van der Waals surface area contributed by atoms with Gasteiger partial charge in [-0.2, -0.15) is 4.98 Å². The van der Waals surface area contributed by atoms with E-state index in [1.165, 1.54) is 13.3 Å². The Hall–Kier alpha value is -3.29. The molecule has 8 nitrogen and oxygen atoms in total. The van der Waals surface area contributed by atoms with Crippen molar-refractivity contribution >= 4 is 17.5 Å². The van der Waals surface area contributed by atoms with Crippen LogP contribution in [0.5, 0.6) is 17.2 Å². The average Bonchev–Trinajstić information content (AvgIpc) is 2.61. The van der Waals surface area contributed by atoms with E-state index in [0.29, 0.717) is 28.3 Å². The highest BCUT2D eigenvalue weighted by molar-refractivity contribution is 6.10. The number of ketones is 1. The minimum Gasteiger partial charge on any atom is -0.496 e. The molecular formula is C19H25N5O3. The summed E-state index contributed by atoms with van der Waals surface area (Å²) < 4.78 is 11.4. The van der Waals surface area contributed by atoms with Gasteiger partial charge in [-0.05, 0) is 31.9 Å². The Morgan fingerprint density at radius 1 is 1.11 bits per heavy atom. The maximum Gasteiger partial charge on any atom is 0.222 e. The summed E-state index contributed by atoms with van der Waals surface area (Å²) >= 11 is 0. The number of nitrogen functional groups attached to an aromatic ring is 2. The number of rotatable bonds is 6. The number of ether oxygens (including phenoxy) is 2. The van der Waals surface area contributed by atoms with Crippen LogP contribution in [0.3, 0.4) is 0 Å². The minimum absolute atomic E-state index is 0.0497. The molecule has 0 aliphatic rings. The fraction of sp³-hybridized carbons (Fsp3) is 0.316. The maximum atomic E-state index is 12.8. The number of nitrogens with two attached hydrogens (primary N) is 3. The quantitative estimate of drug-likeness (QED) is 0.520. The van der Waals surface area contributed by atoms with Crippen molar-refractivity contribution in [2.24, 2.45) is 5.73 Å². The third-order valence-corrected chi connectivity index (χ3v) is 4.15. The lowest BCUT2D eigenvalue weighted by atomic mass is 9.95. The van der Waals surface area contributed by atoms with Gasteiger partial charge in [0.25, 0.3) is 0 Å². The minimum atomic E-state index is -0.242. The lowest BCUT2D eigenvalue weighted by molar-refractivity contribution is 0.103. The summed E-state index contributed by atoms with van der Waals surface area (Å²) in [6, 6.07) is 3.40. The number of aromatic nitrogens is 2. The first-order valence-corrected chi connectivity index (χ1v) is 8.41. The molecule has 2 aromatic rings. The van der Waals surface area contributed by atoms with E-state index in [0.717, 1.165) is 5.56 Å². The van der Waals surface area contributed by atoms with Crippen LogP contribution in [0.4, 0.5) is 11.8 Å². The van der Waals surface area contributed by atoms with Gasteiger partial charge in [-0.3, -0.25) is 4.79 Å². The fourth-order valence-electron chi connectivity index (χ4n) is 2.44. The smallest absolute Gasteiger partial charge is 0.222 e. The number of benzene rings is 1. The molecule has 0 saturated heterocycles. The van der Waals surface area contributed by atoms with Gasteiger partial charge < -0.3 is 26.7 Å². The lowest BCUT2D eigenvalue weighted by Gasteiger charge is -2.18. The summed E-state index contributed by atoms with van der Waals surface area (Å²) in [4.78, 5) is 20.6. The Labute approximate surface area is 158 Å². The van der Waals surface area contributed by atoms with E-state index >= 15 is 0 Å². The summed E-state index contributed by atoms with van der Waals surface area (Å²) in [6.07, 6.45) is 1.39. The second-order valence-corrected chi connectivity index (χ2v) is 6.46. The number of allylic oxidation sites excluding steroid dienone is 2. The summed E-state index contributed by atoms with van der Waals surface area (Å²) in [5.74, 6) is 1.16. The molecule has 0 atom stereocenters. The van der Waals surface area contributed by atoms with Gasteiger partial charge in [-0.1, -0.05) is 13.8 Å². The molecule has 0 bridgehead atoms. The zero-order chi connectivity index (χ0) is 20.3. The van der Waals surface area contributed by atoms with Gasteiger partial charge in [0.05, 0.1) is 18.9 Å². The lowest BCUT2D eigenvalue weighted by Crippen LogP contribution is -2.10. The molecule has 0 radical (unpaired) electrons. The Bertz CT molecular complexity index is 902. The van der Waals surface area contributed by atoms with Crippen molar-refractivity contribution in [3.63, 3.8) is 0 Å². The van der Waals surface area contributed by atoms with Gasteiger partial charge in [-0.15, -0.1) is 0 Å². The highest BCUT2D eigenvalue weighted by atomic mass is 16.5. The molecule has 0 fully saturated rings. The van der Waals surface area contributed by atoms with E-state index in [9.17, 15) is 4.79 Å². The zero-order valence-corrected chi connectivity index (χ0v) is 16.2. The summed E-state index contributed by atoms with van der Waals surface area (Å²) in [5, 5.41) is 0. The number of nitrogens with zero attached hydrogens (tertiary/aromatic N) is 2. The van der Waals surface area contributed by atoms with Crippen LogP contribution in [-0.4, -0.2) is 22.9 Å². The van der Waals surface area contributed by atoms with Gasteiger partial charge in [0.15, 0.2) is 17.4 Å². The first-order valence-electron chi connectivity index (χ1n) is 8.41. The first-order chi connectivity index (χ1) is 12.6. The highest BCUT2D eigenvalue weighted by Gasteiger charge is 2.21. The first kappa shape index (κ1) is 20.0. The van der Waals surface area contributed by atoms with Gasteiger partial charge in [-0.25, -0.2) is 4.98 Å². The largest absolute Gasteiger partial charge is 0.496 e. The van der Waals surface area contributed by atoms with Crippen molar-refractivity contribution in [3.05, 3.63) is 40.7 Å². The van der Waals surface area contributed by atoms with Gasteiger partial charge in [0.1, 0.15) is 11.5 Å². The number of methoxy groups -OCH3 is 1. The van der Waals surface area contributed by atoms with Crippen LogP contribution in [0.2, 0.25) is 0 Å². The Kier molecular flexibility index (Phi) is 5.89.